The zero-order chi connectivity index (χ0) is 19.9. The molecule has 0 radical (unpaired) electrons. The van der Waals surface area contributed by atoms with Gasteiger partial charge in [-0.2, -0.15) is 0 Å². The number of rotatable bonds is 7. The van der Waals surface area contributed by atoms with Gasteiger partial charge in [0.05, 0.1) is 19.8 Å². The first-order valence-electron chi connectivity index (χ1n) is 9.26. The molecule has 0 saturated carbocycles. The number of nitrogens with zero attached hydrogens (tertiary/aromatic N) is 2. The molecular weight excluding hydrogens is 396 g/mol. The van der Waals surface area contributed by atoms with Crippen LogP contribution in [0.3, 0.4) is 0 Å². The molecule has 7 heteroatoms. The zero-order valence-corrected chi connectivity index (χ0v) is 17.6. The standard InChI is InChI=1S/C21H23ClN2O3S/c1-3-26-18-10-9-15(13-19(18)27-4-2)20(25)24-12-11-23-21(24)28-14-16-7-5-6-8-17(16)22/h5-10,13H,3-4,11-12,14H2,1-2H3. The van der Waals surface area contributed by atoms with Crippen molar-refractivity contribution in [2.45, 2.75) is 19.6 Å². The number of hydrogen-bond acceptors (Lipinski definition) is 5. The van der Waals surface area contributed by atoms with Crippen LogP contribution in [-0.4, -0.2) is 42.3 Å². The van der Waals surface area contributed by atoms with Crippen molar-refractivity contribution < 1.29 is 14.3 Å². The van der Waals surface area contributed by atoms with Gasteiger partial charge < -0.3 is 9.47 Å². The summed E-state index contributed by atoms with van der Waals surface area (Å²) in [6.45, 7) is 6.03. The van der Waals surface area contributed by atoms with Crippen molar-refractivity contribution in [2.24, 2.45) is 4.99 Å². The number of aliphatic imine (C=N–C) groups is 1. The molecule has 0 unspecified atom stereocenters. The molecule has 1 heterocycles. The minimum Gasteiger partial charge on any atom is -0.490 e. The number of halogens is 1. The van der Waals surface area contributed by atoms with E-state index in [1.54, 1.807) is 23.1 Å². The molecule has 0 bridgehead atoms. The largest absolute Gasteiger partial charge is 0.490 e. The van der Waals surface area contributed by atoms with Gasteiger partial charge in [-0.25, -0.2) is 0 Å². The van der Waals surface area contributed by atoms with Crippen LogP contribution in [0, 0.1) is 0 Å². The molecule has 0 atom stereocenters. The maximum absolute atomic E-state index is 13.1. The lowest BCUT2D eigenvalue weighted by atomic mass is 10.1. The van der Waals surface area contributed by atoms with Gasteiger partial charge in [-0.15, -0.1) is 0 Å². The predicted octanol–water partition coefficient (Wildman–Crippen LogP) is 4.88. The summed E-state index contributed by atoms with van der Waals surface area (Å²) in [6.07, 6.45) is 0. The molecule has 0 fully saturated rings. The van der Waals surface area contributed by atoms with Crippen molar-refractivity contribution in [2.75, 3.05) is 26.3 Å². The zero-order valence-electron chi connectivity index (χ0n) is 16.0. The number of thioether (sulfide) groups is 1. The normalized spacial score (nSPS) is 13.4. The van der Waals surface area contributed by atoms with E-state index in [4.69, 9.17) is 21.1 Å². The van der Waals surface area contributed by atoms with Crippen LogP contribution in [0.1, 0.15) is 29.8 Å². The van der Waals surface area contributed by atoms with Crippen LogP contribution in [-0.2, 0) is 5.75 Å². The van der Waals surface area contributed by atoms with E-state index in [-0.39, 0.29) is 5.91 Å². The molecule has 2 aromatic rings. The van der Waals surface area contributed by atoms with Gasteiger partial charge in [-0.1, -0.05) is 41.6 Å². The summed E-state index contributed by atoms with van der Waals surface area (Å²) >= 11 is 7.76. The van der Waals surface area contributed by atoms with Crippen LogP contribution in [0.4, 0.5) is 0 Å². The lowest BCUT2D eigenvalue weighted by molar-refractivity contribution is 0.0860. The lowest BCUT2D eigenvalue weighted by Crippen LogP contribution is -2.32. The van der Waals surface area contributed by atoms with Crippen LogP contribution >= 0.6 is 23.4 Å². The highest BCUT2D eigenvalue weighted by Gasteiger charge is 2.26. The molecule has 28 heavy (non-hydrogen) atoms. The Morgan fingerprint density at radius 1 is 1.14 bits per heavy atom. The quantitative estimate of drug-likeness (QED) is 0.642. The molecule has 2 aromatic carbocycles. The highest BCUT2D eigenvalue weighted by molar-refractivity contribution is 8.13. The summed E-state index contributed by atoms with van der Waals surface area (Å²) in [6, 6.07) is 13.0. The molecule has 0 spiro atoms. The molecule has 0 aliphatic carbocycles. The van der Waals surface area contributed by atoms with E-state index < -0.39 is 0 Å². The van der Waals surface area contributed by atoms with Crippen molar-refractivity contribution in [1.82, 2.24) is 4.90 Å². The second-order valence-electron chi connectivity index (χ2n) is 6.03. The van der Waals surface area contributed by atoms with E-state index in [1.807, 2.05) is 38.1 Å². The summed E-state index contributed by atoms with van der Waals surface area (Å²) in [4.78, 5) is 19.3. The lowest BCUT2D eigenvalue weighted by Gasteiger charge is -2.19. The number of benzene rings is 2. The average molecular weight is 419 g/mol. The number of carbonyl (C=O) groups is 1. The second kappa shape index (κ2) is 9.85. The first-order chi connectivity index (χ1) is 13.6. The number of carbonyl (C=O) groups excluding carboxylic acids is 1. The van der Waals surface area contributed by atoms with E-state index in [0.29, 0.717) is 49.1 Å². The van der Waals surface area contributed by atoms with Gasteiger partial charge in [0.25, 0.3) is 5.91 Å². The van der Waals surface area contributed by atoms with Crippen molar-refractivity contribution in [3.8, 4) is 11.5 Å². The third-order valence-corrected chi connectivity index (χ3v) is 5.58. The van der Waals surface area contributed by atoms with Gasteiger partial charge in [0.2, 0.25) is 0 Å². The number of amidine groups is 1. The first kappa shape index (κ1) is 20.6. The van der Waals surface area contributed by atoms with Gasteiger partial charge in [-0.3, -0.25) is 14.7 Å². The Labute approximate surface area is 174 Å². The molecule has 1 aliphatic rings. The van der Waals surface area contributed by atoms with Crippen molar-refractivity contribution >= 4 is 34.4 Å². The maximum atomic E-state index is 13.1. The molecule has 3 rings (SSSR count). The molecule has 0 aromatic heterocycles. The van der Waals surface area contributed by atoms with Gasteiger partial charge >= 0.3 is 0 Å². The van der Waals surface area contributed by atoms with Gasteiger partial charge in [0.1, 0.15) is 0 Å². The fraction of sp³-hybridized carbons (Fsp3) is 0.333. The third kappa shape index (κ3) is 4.80. The summed E-state index contributed by atoms with van der Waals surface area (Å²) in [5, 5.41) is 1.44. The van der Waals surface area contributed by atoms with Crippen LogP contribution in [0.15, 0.2) is 47.5 Å². The van der Waals surface area contributed by atoms with E-state index in [0.717, 1.165) is 15.8 Å². The Bertz CT molecular complexity index is 872. The Morgan fingerprint density at radius 2 is 1.89 bits per heavy atom. The maximum Gasteiger partial charge on any atom is 0.260 e. The molecule has 1 amide bonds. The van der Waals surface area contributed by atoms with Crippen molar-refractivity contribution in [1.29, 1.82) is 0 Å². The van der Waals surface area contributed by atoms with Crippen LogP contribution < -0.4 is 9.47 Å². The Kier molecular flexibility index (Phi) is 7.23. The van der Waals surface area contributed by atoms with E-state index in [1.165, 1.54) is 11.8 Å². The SMILES string of the molecule is CCOc1ccc(C(=O)N2CCN=C2SCc2ccccc2Cl)cc1OCC. The molecule has 0 N–H and O–H groups in total. The number of amides is 1. The minimum atomic E-state index is -0.0908. The highest BCUT2D eigenvalue weighted by Crippen LogP contribution is 2.30. The van der Waals surface area contributed by atoms with E-state index in [2.05, 4.69) is 4.99 Å². The first-order valence-corrected chi connectivity index (χ1v) is 10.6. The smallest absolute Gasteiger partial charge is 0.260 e. The Morgan fingerprint density at radius 3 is 2.64 bits per heavy atom. The number of ether oxygens (including phenoxy) is 2. The van der Waals surface area contributed by atoms with E-state index in [9.17, 15) is 4.79 Å². The highest BCUT2D eigenvalue weighted by atomic mass is 35.5. The molecule has 148 valence electrons. The van der Waals surface area contributed by atoms with Gasteiger partial charge in [-0.05, 0) is 43.7 Å². The fourth-order valence-corrected chi connectivity index (χ4v) is 4.17. The molecule has 1 aliphatic heterocycles. The second-order valence-corrected chi connectivity index (χ2v) is 7.38. The van der Waals surface area contributed by atoms with Crippen molar-refractivity contribution in [3.63, 3.8) is 0 Å². The average Bonchev–Trinajstić information content (AvgIpc) is 3.17. The van der Waals surface area contributed by atoms with Crippen LogP contribution in [0.2, 0.25) is 5.02 Å². The third-order valence-electron chi connectivity index (χ3n) is 4.15. The summed E-state index contributed by atoms with van der Waals surface area (Å²) in [5.41, 5.74) is 1.58. The Hall–Kier alpha value is -2.18. The van der Waals surface area contributed by atoms with E-state index >= 15 is 0 Å². The molecule has 0 saturated heterocycles. The monoisotopic (exact) mass is 418 g/mol. The summed E-state index contributed by atoms with van der Waals surface area (Å²) < 4.78 is 11.2. The topological polar surface area (TPSA) is 51.1 Å². The van der Waals surface area contributed by atoms with Crippen LogP contribution in [0.25, 0.3) is 0 Å². The summed E-state index contributed by atoms with van der Waals surface area (Å²) in [5.74, 6) is 1.79. The molecular formula is C21H23ClN2O3S. The molecule has 5 nitrogen and oxygen atoms in total. The predicted molar refractivity (Wildman–Crippen MR) is 115 cm³/mol. The number of hydrogen-bond donors (Lipinski definition) is 0. The fourth-order valence-electron chi connectivity index (χ4n) is 2.84. The van der Waals surface area contributed by atoms with Gasteiger partial charge in [0, 0.05) is 22.9 Å². The van der Waals surface area contributed by atoms with Crippen molar-refractivity contribution in [3.05, 3.63) is 58.6 Å². The minimum absolute atomic E-state index is 0.0908. The summed E-state index contributed by atoms with van der Waals surface area (Å²) in [7, 11) is 0. The Balaban J connectivity index is 1.73. The van der Waals surface area contributed by atoms with Gasteiger partial charge in [0.15, 0.2) is 16.7 Å². The van der Waals surface area contributed by atoms with Crippen LogP contribution in [0.5, 0.6) is 11.5 Å².